The van der Waals surface area contributed by atoms with Gasteiger partial charge in [-0.25, -0.2) is 0 Å². The fourth-order valence-corrected chi connectivity index (χ4v) is 0. The quantitative estimate of drug-likeness (QED) is 0.428. The first-order chi connectivity index (χ1) is 2.64. The van der Waals surface area contributed by atoms with E-state index in [1.54, 1.807) is 0 Å². The van der Waals surface area contributed by atoms with E-state index in [9.17, 15) is 0 Å². The zero-order chi connectivity index (χ0) is 5.15. The summed E-state index contributed by atoms with van der Waals surface area (Å²) in [7, 11) is 0. The molecule has 0 radical (unpaired) electrons. The second kappa shape index (κ2) is 4.53. The van der Waals surface area contributed by atoms with E-state index in [0.29, 0.717) is 0 Å². The summed E-state index contributed by atoms with van der Waals surface area (Å²) < 4.78 is 0. The molecule has 4 heteroatoms. The van der Waals surface area contributed by atoms with Crippen LogP contribution < -0.4 is 0 Å². The van der Waals surface area contributed by atoms with Crippen LogP contribution in [0.2, 0.25) is 0 Å². The summed E-state index contributed by atoms with van der Waals surface area (Å²) in [6, 6.07) is 0. The SMILES string of the molecule is CC(O)C(O)=S.[Fe]. The summed E-state index contributed by atoms with van der Waals surface area (Å²) >= 11 is 4.12. The minimum absolute atomic E-state index is 0. The van der Waals surface area contributed by atoms with Gasteiger partial charge in [-0.05, 0) is 19.1 Å². The van der Waals surface area contributed by atoms with Gasteiger partial charge in [0, 0.05) is 17.1 Å². The predicted octanol–water partition coefficient (Wildman–Crippen LogP) is 0.250. The van der Waals surface area contributed by atoms with E-state index in [1.807, 2.05) is 0 Å². The van der Waals surface area contributed by atoms with E-state index < -0.39 is 6.10 Å². The van der Waals surface area contributed by atoms with Crippen molar-refractivity contribution in [2.24, 2.45) is 0 Å². The molecule has 1 atom stereocenters. The normalized spacial score (nSPS) is 11.7. The van der Waals surface area contributed by atoms with Gasteiger partial charge in [-0.1, -0.05) is 0 Å². The average molecular weight is 162 g/mol. The number of thiocarbonyl (C=S) groups is 1. The van der Waals surface area contributed by atoms with Crippen molar-refractivity contribution in [3.05, 3.63) is 0 Å². The van der Waals surface area contributed by atoms with Crippen LogP contribution in [0.25, 0.3) is 0 Å². The maximum Gasteiger partial charge on any atom is 0.185 e. The van der Waals surface area contributed by atoms with E-state index in [-0.39, 0.29) is 22.1 Å². The Hall–Kier alpha value is 0.369. The third-order valence-electron chi connectivity index (χ3n) is 0.357. The van der Waals surface area contributed by atoms with E-state index >= 15 is 0 Å². The molecule has 0 aromatic carbocycles. The zero-order valence-electron chi connectivity index (χ0n) is 3.73. The Morgan fingerprint density at radius 3 is 1.86 bits per heavy atom. The molecule has 7 heavy (non-hydrogen) atoms. The fourth-order valence-electron chi connectivity index (χ4n) is 0. The largest absolute Gasteiger partial charge is 0.500 e. The summed E-state index contributed by atoms with van der Waals surface area (Å²) in [5.74, 6) is 0. The molecule has 2 nitrogen and oxygen atoms in total. The van der Waals surface area contributed by atoms with Crippen LogP contribution in [-0.2, 0) is 17.1 Å². The number of aliphatic hydroxyl groups excluding tert-OH is 2. The Kier molecular flexibility index (Phi) is 6.71. The van der Waals surface area contributed by atoms with Gasteiger partial charge in [0.1, 0.15) is 6.10 Å². The fraction of sp³-hybridized carbons (Fsp3) is 0.667. The molecular weight excluding hydrogens is 156 g/mol. The molecule has 0 aromatic rings. The molecule has 0 rings (SSSR count). The molecular formula is C3H6FeO2S. The second-order valence-corrected chi connectivity index (χ2v) is 1.43. The van der Waals surface area contributed by atoms with Gasteiger partial charge in [-0.2, -0.15) is 0 Å². The third kappa shape index (κ3) is 6.37. The Bertz CT molecular complexity index is 64.0. The van der Waals surface area contributed by atoms with Gasteiger partial charge in [0.2, 0.25) is 0 Å². The standard InChI is InChI=1S/C3H6O2S.Fe/c1-2(4)3(5)6;/h2,4H,1H3,(H,5,6);. The number of hydrogen-bond donors (Lipinski definition) is 2. The van der Waals surface area contributed by atoms with Crippen molar-refractivity contribution in [2.45, 2.75) is 13.0 Å². The first kappa shape index (κ1) is 10.4. The first-order valence-electron chi connectivity index (χ1n) is 1.55. The van der Waals surface area contributed by atoms with E-state index in [0.717, 1.165) is 0 Å². The van der Waals surface area contributed by atoms with E-state index in [2.05, 4.69) is 12.2 Å². The minimum atomic E-state index is -0.861. The van der Waals surface area contributed by atoms with Crippen LogP contribution in [0.5, 0.6) is 0 Å². The molecule has 0 aliphatic rings. The number of rotatable bonds is 1. The molecule has 0 heterocycles. The van der Waals surface area contributed by atoms with E-state index in [4.69, 9.17) is 10.2 Å². The van der Waals surface area contributed by atoms with Gasteiger partial charge >= 0.3 is 0 Å². The third-order valence-corrected chi connectivity index (χ3v) is 0.699. The topological polar surface area (TPSA) is 40.5 Å². The molecule has 0 amide bonds. The summed E-state index contributed by atoms with van der Waals surface area (Å²) in [5, 5.41) is 16.0. The molecule has 0 spiro atoms. The van der Waals surface area contributed by atoms with Crippen LogP contribution in [0.1, 0.15) is 6.92 Å². The predicted molar refractivity (Wildman–Crippen MR) is 26.9 cm³/mol. The Labute approximate surface area is 58.0 Å². The van der Waals surface area contributed by atoms with Gasteiger partial charge in [0.05, 0.1) is 0 Å². The molecule has 0 aromatic heterocycles. The Balaban J connectivity index is 0. The van der Waals surface area contributed by atoms with Crippen LogP contribution in [0.15, 0.2) is 0 Å². The van der Waals surface area contributed by atoms with Crippen molar-refractivity contribution < 1.29 is 27.3 Å². The Morgan fingerprint density at radius 1 is 1.71 bits per heavy atom. The molecule has 0 bridgehead atoms. The maximum absolute atomic E-state index is 8.24. The monoisotopic (exact) mass is 162 g/mol. The van der Waals surface area contributed by atoms with Crippen molar-refractivity contribution in [3.63, 3.8) is 0 Å². The molecule has 0 saturated heterocycles. The van der Waals surface area contributed by atoms with Gasteiger partial charge in [0.15, 0.2) is 5.05 Å². The van der Waals surface area contributed by atoms with Crippen molar-refractivity contribution >= 4 is 17.3 Å². The summed E-state index contributed by atoms with van der Waals surface area (Å²) in [5.41, 5.74) is 0. The molecule has 0 fully saturated rings. The van der Waals surface area contributed by atoms with Crippen molar-refractivity contribution in [2.75, 3.05) is 0 Å². The van der Waals surface area contributed by atoms with Gasteiger partial charge in [-0.3, -0.25) is 0 Å². The summed E-state index contributed by atoms with van der Waals surface area (Å²) in [6.45, 7) is 1.41. The molecule has 2 N–H and O–H groups in total. The van der Waals surface area contributed by atoms with Crippen molar-refractivity contribution in [1.29, 1.82) is 0 Å². The van der Waals surface area contributed by atoms with Crippen LogP contribution in [0.3, 0.4) is 0 Å². The van der Waals surface area contributed by atoms with Crippen molar-refractivity contribution in [1.82, 2.24) is 0 Å². The number of aliphatic hydroxyl groups is 2. The smallest absolute Gasteiger partial charge is 0.185 e. The molecule has 0 aliphatic carbocycles. The molecule has 0 saturated carbocycles. The molecule has 0 aliphatic heterocycles. The van der Waals surface area contributed by atoms with Gasteiger partial charge in [-0.15, -0.1) is 0 Å². The van der Waals surface area contributed by atoms with Crippen LogP contribution in [0, 0.1) is 0 Å². The van der Waals surface area contributed by atoms with Crippen LogP contribution in [-0.4, -0.2) is 21.4 Å². The maximum atomic E-state index is 8.24. The van der Waals surface area contributed by atoms with Gasteiger partial charge in [0.25, 0.3) is 0 Å². The zero-order valence-corrected chi connectivity index (χ0v) is 5.65. The first-order valence-corrected chi connectivity index (χ1v) is 1.96. The average Bonchev–Trinajstić information content (AvgIpc) is 1.36. The van der Waals surface area contributed by atoms with E-state index in [1.165, 1.54) is 6.92 Å². The van der Waals surface area contributed by atoms with Crippen LogP contribution in [0.4, 0.5) is 0 Å². The van der Waals surface area contributed by atoms with Crippen molar-refractivity contribution in [3.8, 4) is 0 Å². The minimum Gasteiger partial charge on any atom is -0.500 e. The molecule has 1 unspecified atom stereocenters. The summed E-state index contributed by atoms with van der Waals surface area (Å²) in [4.78, 5) is 0. The second-order valence-electron chi connectivity index (χ2n) is 1.01. The van der Waals surface area contributed by atoms with Crippen LogP contribution >= 0.6 is 12.2 Å². The number of hydrogen-bond acceptors (Lipinski definition) is 2. The Morgan fingerprint density at radius 2 is 1.86 bits per heavy atom. The summed E-state index contributed by atoms with van der Waals surface area (Å²) in [6.07, 6.45) is -0.861. The van der Waals surface area contributed by atoms with Gasteiger partial charge < -0.3 is 10.2 Å². The molecule has 44 valence electrons.